The second-order valence-electron chi connectivity index (χ2n) is 4.55. The van der Waals surface area contributed by atoms with Gasteiger partial charge in [0.05, 0.1) is 26.3 Å². The van der Waals surface area contributed by atoms with Crippen LogP contribution in [0, 0.1) is 6.92 Å². The number of sulfonamides is 1. The lowest BCUT2D eigenvalue weighted by Crippen LogP contribution is -2.12. The number of anilines is 1. The fourth-order valence-electron chi connectivity index (χ4n) is 1.87. The molecule has 3 aromatic rings. The van der Waals surface area contributed by atoms with Gasteiger partial charge in [0, 0.05) is 5.02 Å². The molecule has 0 bridgehead atoms. The number of rotatable bonds is 3. The summed E-state index contributed by atoms with van der Waals surface area (Å²) in [6.45, 7) is 1.82. The molecule has 0 amide bonds. The van der Waals surface area contributed by atoms with E-state index in [2.05, 4.69) is 9.71 Å². The molecule has 4 nitrogen and oxygen atoms in total. The zero-order valence-electron chi connectivity index (χ0n) is 11.0. The normalized spacial score (nSPS) is 11.7. The Morgan fingerprint density at radius 2 is 2.00 bits per heavy atom. The Morgan fingerprint density at radius 3 is 2.76 bits per heavy atom. The van der Waals surface area contributed by atoms with Crippen LogP contribution in [0.3, 0.4) is 0 Å². The Kier molecular flexibility index (Phi) is 3.61. The fraction of sp³-hybridized carbons (Fsp3) is 0.0714. The van der Waals surface area contributed by atoms with Gasteiger partial charge in [0.25, 0.3) is 10.0 Å². The number of aryl methyl sites for hydroxylation is 1. The van der Waals surface area contributed by atoms with Crippen LogP contribution in [-0.4, -0.2) is 13.4 Å². The van der Waals surface area contributed by atoms with E-state index in [0.717, 1.165) is 15.8 Å². The summed E-state index contributed by atoms with van der Waals surface area (Å²) in [6.07, 6.45) is 0. The maximum atomic E-state index is 12.4. The fourth-order valence-corrected chi connectivity index (χ4v) is 3.91. The van der Waals surface area contributed by atoms with Crippen molar-refractivity contribution in [2.75, 3.05) is 4.72 Å². The van der Waals surface area contributed by atoms with Crippen molar-refractivity contribution >= 4 is 48.9 Å². The van der Waals surface area contributed by atoms with Crippen molar-refractivity contribution in [3.05, 3.63) is 52.5 Å². The molecular weight excluding hydrogens is 328 g/mol. The zero-order valence-corrected chi connectivity index (χ0v) is 13.4. The van der Waals surface area contributed by atoms with Crippen LogP contribution < -0.4 is 4.72 Å². The average molecular weight is 339 g/mol. The van der Waals surface area contributed by atoms with E-state index in [9.17, 15) is 8.42 Å². The second-order valence-corrected chi connectivity index (χ2v) is 7.53. The lowest BCUT2D eigenvalue weighted by Gasteiger charge is -2.09. The van der Waals surface area contributed by atoms with Gasteiger partial charge in [-0.1, -0.05) is 17.7 Å². The van der Waals surface area contributed by atoms with E-state index in [-0.39, 0.29) is 4.90 Å². The van der Waals surface area contributed by atoms with Crippen LogP contribution in [-0.2, 0) is 10.0 Å². The number of halogens is 1. The number of hydrogen-bond donors (Lipinski definition) is 1. The Bertz CT molecular complexity index is 920. The van der Waals surface area contributed by atoms with Crippen molar-refractivity contribution in [1.29, 1.82) is 0 Å². The van der Waals surface area contributed by atoms with Gasteiger partial charge in [0.2, 0.25) is 0 Å². The summed E-state index contributed by atoms with van der Waals surface area (Å²) < 4.78 is 28.2. The minimum Gasteiger partial charge on any atom is -0.280 e. The number of nitrogens with zero attached hydrogens (tertiary/aromatic N) is 1. The summed E-state index contributed by atoms with van der Waals surface area (Å²) in [5, 5.41) is 0.427. The Hall–Kier alpha value is -1.63. The highest BCUT2D eigenvalue weighted by molar-refractivity contribution is 7.92. The molecule has 7 heteroatoms. The van der Waals surface area contributed by atoms with Gasteiger partial charge < -0.3 is 0 Å². The maximum Gasteiger partial charge on any atom is 0.261 e. The van der Waals surface area contributed by atoms with Gasteiger partial charge in [-0.2, -0.15) is 0 Å². The van der Waals surface area contributed by atoms with Crippen molar-refractivity contribution in [1.82, 2.24) is 4.98 Å². The molecular formula is C14H11ClN2O2S2. The smallest absolute Gasteiger partial charge is 0.261 e. The molecule has 0 aliphatic heterocycles. The topological polar surface area (TPSA) is 59.1 Å². The molecule has 1 N–H and O–H groups in total. The van der Waals surface area contributed by atoms with E-state index < -0.39 is 10.0 Å². The molecule has 1 aromatic heterocycles. The summed E-state index contributed by atoms with van der Waals surface area (Å²) in [5.74, 6) is 0. The van der Waals surface area contributed by atoms with Gasteiger partial charge in [0.15, 0.2) is 0 Å². The van der Waals surface area contributed by atoms with Crippen LogP contribution in [0.5, 0.6) is 0 Å². The number of nitrogens with one attached hydrogen (secondary N) is 1. The highest BCUT2D eigenvalue weighted by Crippen LogP contribution is 2.25. The molecule has 0 spiro atoms. The third kappa shape index (κ3) is 2.88. The third-order valence-electron chi connectivity index (χ3n) is 3.04. The first-order valence-electron chi connectivity index (χ1n) is 6.08. The zero-order chi connectivity index (χ0) is 15.0. The van der Waals surface area contributed by atoms with Gasteiger partial charge in [-0.25, -0.2) is 13.4 Å². The lowest BCUT2D eigenvalue weighted by atomic mass is 10.2. The molecule has 108 valence electrons. The molecule has 3 rings (SSSR count). The standard InChI is InChI=1S/C14H11ClN2O2S2/c1-9-2-4-11(7-12(9)15)21(18,19)17-10-3-5-13-14(6-10)20-8-16-13/h2-8,17H,1H3. The maximum absolute atomic E-state index is 12.4. The third-order valence-corrected chi connectivity index (χ3v) is 5.61. The largest absolute Gasteiger partial charge is 0.280 e. The summed E-state index contributed by atoms with van der Waals surface area (Å²) in [4.78, 5) is 4.30. The molecule has 0 atom stereocenters. The molecule has 21 heavy (non-hydrogen) atoms. The van der Waals surface area contributed by atoms with Crippen LogP contribution in [0.2, 0.25) is 5.02 Å². The van der Waals surface area contributed by atoms with Gasteiger partial charge >= 0.3 is 0 Å². The van der Waals surface area contributed by atoms with Crippen molar-refractivity contribution in [2.45, 2.75) is 11.8 Å². The highest BCUT2D eigenvalue weighted by Gasteiger charge is 2.15. The number of fused-ring (bicyclic) bond motifs is 1. The van der Waals surface area contributed by atoms with Gasteiger partial charge in [0.1, 0.15) is 0 Å². The van der Waals surface area contributed by atoms with Gasteiger partial charge in [-0.05, 0) is 42.8 Å². The quantitative estimate of drug-likeness (QED) is 0.783. The molecule has 0 radical (unpaired) electrons. The lowest BCUT2D eigenvalue weighted by molar-refractivity contribution is 0.601. The summed E-state index contributed by atoms with van der Waals surface area (Å²) in [6, 6.07) is 9.91. The van der Waals surface area contributed by atoms with Crippen LogP contribution >= 0.6 is 22.9 Å². The van der Waals surface area contributed by atoms with Crippen molar-refractivity contribution in [2.24, 2.45) is 0 Å². The molecule has 0 unspecified atom stereocenters. The van der Waals surface area contributed by atoms with E-state index in [1.54, 1.807) is 29.8 Å². The Labute approximate surface area is 131 Å². The monoisotopic (exact) mass is 338 g/mol. The molecule has 1 heterocycles. The van der Waals surface area contributed by atoms with Crippen LogP contribution in [0.25, 0.3) is 10.2 Å². The minimum absolute atomic E-state index is 0.141. The number of hydrogen-bond acceptors (Lipinski definition) is 4. The molecule has 0 saturated heterocycles. The predicted molar refractivity (Wildman–Crippen MR) is 86.6 cm³/mol. The Balaban J connectivity index is 1.96. The molecule has 0 saturated carbocycles. The van der Waals surface area contributed by atoms with Crippen molar-refractivity contribution in [3.63, 3.8) is 0 Å². The summed E-state index contributed by atoms with van der Waals surface area (Å²) in [5.41, 5.74) is 3.91. The number of thiazole rings is 1. The first kappa shape index (κ1) is 14.3. The second kappa shape index (κ2) is 5.29. The number of benzene rings is 2. The van der Waals surface area contributed by atoms with Crippen molar-refractivity contribution in [3.8, 4) is 0 Å². The molecule has 0 aliphatic rings. The van der Waals surface area contributed by atoms with E-state index in [0.29, 0.717) is 10.7 Å². The van der Waals surface area contributed by atoms with Crippen LogP contribution in [0.1, 0.15) is 5.56 Å². The summed E-state index contributed by atoms with van der Waals surface area (Å²) >= 11 is 7.45. The molecule has 0 fully saturated rings. The minimum atomic E-state index is -3.65. The van der Waals surface area contributed by atoms with Crippen LogP contribution in [0.15, 0.2) is 46.8 Å². The van der Waals surface area contributed by atoms with E-state index >= 15 is 0 Å². The first-order chi connectivity index (χ1) is 9.95. The molecule has 0 aliphatic carbocycles. The SMILES string of the molecule is Cc1ccc(S(=O)(=O)Nc2ccc3ncsc3c2)cc1Cl. The molecule has 2 aromatic carbocycles. The first-order valence-corrected chi connectivity index (χ1v) is 8.82. The predicted octanol–water partition coefficient (Wildman–Crippen LogP) is 4.06. The number of aromatic nitrogens is 1. The average Bonchev–Trinajstić information content (AvgIpc) is 2.88. The summed E-state index contributed by atoms with van der Waals surface area (Å²) in [7, 11) is -3.65. The highest BCUT2D eigenvalue weighted by atomic mass is 35.5. The van der Waals surface area contributed by atoms with E-state index in [4.69, 9.17) is 11.6 Å². The Morgan fingerprint density at radius 1 is 1.19 bits per heavy atom. The van der Waals surface area contributed by atoms with E-state index in [1.807, 2.05) is 6.92 Å². The van der Waals surface area contributed by atoms with Gasteiger partial charge in [-0.15, -0.1) is 11.3 Å². The van der Waals surface area contributed by atoms with E-state index in [1.165, 1.54) is 23.5 Å². The van der Waals surface area contributed by atoms with Crippen molar-refractivity contribution < 1.29 is 8.42 Å². The van der Waals surface area contributed by atoms with Crippen LogP contribution in [0.4, 0.5) is 5.69 Å². The van der Waals surface area contributed by atoms with Gasteiger partial charge in [-0.3, -0.25) is 4.72 Å².